The van der Waals surface area contributed by atoms with Crippen molar-refractivity contribution in [2.24, 2.45) is 0 Å². The average molecular weight is 175 g/mol. The third-order valence-electron chi connectivity index (χ3n) is 3.15. The Morgan fingerprint density at radius 3 is 3.31 bits per heavy atom. The van der Waals surface area contributed by atoms with Crippen LogP contribution in [-0.4, -0.2) is 11.2 Å². The Morgan fingerprint density at radius 2 is 2.38 bits per heavy atom. The van der Waals surface area contributed by atoms with Gasteiger partial charge < -0.3 is 10.4 Å². The molecule has 0 saturated carbocycles. The van der Waals surface area contributed by atoms with Gasteiger partial charge in [-0.3, -0.25) is 0 Å². The van der Waals surface area contributed by atoms with E-state index in [1.165, 1.54) is 16.8 Å². The third kappa shape index (κ3) is 0.985. The van der Waals surface area contributed by atoms with E-state index in [-0.39, 0.29) is 6.10 Å². The van der Waals surface area contributed by atoms with Crippen LogP contribution in [0, 0.1) is 0 Å². The molecular formula is C11H13NO. The fourth-order valence-corrected chi connectivity index (χ4v) is 2.42. The molecule has 0 amide bonds. The van der Waals surface area contributed by atoms with Gasteiger partial charge in [0.05, 0.1) is 6.10 Å². The maximum absolute atomic E-state index is 9.68. The molecule has 1 aliphatic heterocycles. The lowest BCUT2D eigenvalue weighted by atomic mass is 10.0. The second-order valence-electron chi connectivity index (χ2n) is 3.98. The van der Waals surface area contributed by atoms with Crippen LogP contribution in [0.2, 0.25) is 0 Å². The number of hydrogen-bond acceptors (Lipinski definition) is 2. The fourth-order valence-electron chi connectivity index (χ4n) is 2.42. The Morgan fingerprint density at radius 1 is 1.46 bits per heavy atom. The van der Waals surface area contributed by atoms with E-state index in [0.717, 1.165) is 31.4 Å². The first kappa shape index (κ1) is 7.39. The van der Waals surface area contributed by atoms with Crippen molar-refractivity contribution in [1.29, 1.82) is 0 Å². The highest BCUT2D eigenvalue weighted by atomic mass is 16.3. The molecule has 0 aromatic rings. The number of nitrogens with one attached hydrogen (secondary N) is 1. The molecule has 2 nitrogen and oxygen atoms in total. The molecule has 0 bridgehead atoms. The summed E-state index contributed by atoms with van der Waals surface area (Å²) in [6.45, 7) is 0. The van der Waals surface area contributed by atoms with E-state index in [4.69, 9.17) is 0 Å². The number of rotatable bonds is 0. The molecule has 3 rings (SSSR count). The standard InChI is InChI=1S/C11H13NO/c13-10-5-4-8-6-7-2-1-3-9(7)12-11(8)10/h1-2,10,12-13H,3-6H2. The summed E-state index contributed by atoms with van der Waals surface area (Å²) in [5, 5.41) is 13.1. The topological polar surface area (TPSA) is 32.3 Å². The van der Waals surface area contributed by atoms with E-state index in [9.17, 15) is 5.11 Å². The highest BCUT2D eigenvalue weighted by Gasteiger charge is 2.29. The van der Waals surface area contributed by atoms with Crippen LogP contribution in [0.1, 0.15) is 25.7 Å². The molecule has 0 spiro atoms. The summed E-state index contributed by atoms with van der Waals surface area (Å²) < 4.78 is 0. The molecule has 68 valence electrons. The summed E-state index contributed by atoms with van der Waals surface area (Å²) >= 11 is 0. The molecule has 2 heteroatoms. The Balaban J connectivity index is 1.93. The van der Waals surface area contributed by atoms with E-state index < -0.39 is 0 Å². The molecule has 2 aliphatic carbocycles. The van der Waals surface area contributed by atoms with Gasteiger partial charge in [0, 0.05) is 17.8 Å². The summed E-state index contributed by atoms with van der Waals surface area (Å²) in [5.41, 5.74) is 5.24. The molecule has 0 radical (unpaired) electrons. The number of aliphatic hydroxyl groups excluding tert-OH is 1. The van der Waals surface area contributed by atoms with Crippen LogP contribution in [0.25, 0.3) is 0 Å². The molecule has 1 heterocycles. The van der Waals surface area contributed by atoms with Crippen LogP contribution in [-0.2, 0) is 0 Å². The number of aliphatic hydroxyl groups is 1. The van der Waals surface area contributed by atoms with Crippen LogP contribution >= 0.6 is 0 Å². The summed E-state index contributed by atoms with van der Waals surface area (Å²) in [7, 11) is 0. The van der Waals surface area contributed by atoms with Gasteiger partial charge in [-0.2, -0.15) is 0 Å². The quantitative estimate of drug-likeness (QED) is 0.586. The molecule has 0 saturated heterocycles. The van der Waals surface area contributed by atoms with Gasteiger partial charge in [-0.25, -0.2) is 0 Å². The van der Waals surface area contributed by atoms with Crippen molar-refractivity contribution in [1.82, 2.24) is 5.32 Å². The van der Waals surface area contributed by atoms with Crippen LogP contribution in [0.15, 0.2) is 34.7 Å². The minimum Gasteiger partial charge on any atom is -0.387 e. The van der Waals surface area contributed by atoms with Crippen molar-refractivity contribution >= 4 is 0 Å². The van der Waals surface area contributed by atoms with Crippen molar-refractivity contribution < 1.29 is 5.11 Å². The summed E-state index contributed by atoms with van der Waals surface area (Å²) in [6, 6.07) is 0. The SMILES string of the molecule is OC1CCC2=C1NC1=C(C=CC1)C2. The maximum atomic E-state index is 9.68. The van der Waals surface area contributed by atoms with Gasteiger partial charge in [-0.1, -0.05) is 12.2 Å². The van der Waals surface area contributed by atoms with Crippen molar-refractivity contribution in [3.05, 3.63) is 34.7 Å². The first-order chi connectivity index (χ1) is 6.34. The Hall–Kier alpha value is -1.02. The normalized spacial score (nSPS) is 30.7. The van der Waals surface area contributed by atoms with Crippen LogP contribution < -0.4 is 5.32 Å². The number of dihydropyridines is 1. The first-order valence-corrected chi connectivity index (χ1v) is 4.90. The zero-order valence-electron chi connectivity index (χ0n) is 7.51. The van der Waals surface area contributed by atoms with E-state index in [1.807, 2.05) is 0 Å². The van der Waals surface area contributed by atoms with Gasteiger partial charge in [0.2, 0.25) is 0 Å². The summed E-state index contributed by atoms with van der Waals surface area (Å²) in [6.07, 6.45) is 8.20. The molecule has 1 atom stereocenters. The second kappa shape index (κ2) is 2.48. The monoisotopic (exact) mass is 175 g/mol. The zero-order chi connectivity index (χ0) is 8.84. The van der Waals surface area contributed by atoms with Crippen molar-refractivity contribution in [3.8, 4) is 0 Å². The minimum absolute atomic E-state index is 0.232. The molecule has 3 aliphatic rings. The minimum atomic E-state index is -0.232. The van der Waals surface area contributed by atoms with Gasteiger partial charge in [-0.15, -0.1) is 0 Å². The highest BCUT2D eigenvalue weighted by molar-refractivity contribution is 5.44. The van der Waals surface area contributed by atoms with Gasteiger partial charge in [0.15, 0.2) is 0 Å². The van der Waals surface area contributed by atoms with Crippen LogP contribution in [0.3, 0.4) is 0 Å². The summed E-state index contributed by atoms with van der Waals surface area (Å²) in [5.74, 6) is 0. The molecule has 0 aromatic heterocycles. The van der Waals surface area contributed by atoms with Crippen LogP contribution in [0.4, 0.5) is 0 Å². The molecule has 0 fully saturated rings. The Labute approximate surface area is 77.6 Å². The Kier molecular flexibility index (Phi) is 1.41. The summed E-state index contributed by atoms with van der Waals surface area (Å²) in [4.78, 5) is 0. The van der Waals surface area contributed by atoms with Crippen LogP contribution in [0.5, 0.6) is 0 Å². The molecule has 2 N–H and O–H groups in total. The molecule has 0 aromatic carbocycles. The zero-order valence-corrected chi connectivity index (χ0v) is 7.51. The maximum Gasteiger partial charge on any atom is 0.0940 e. The lowest BCUT2D eigenvalue weighted by Crippen LogP contribution is -2.24. The number of hydrogen-bond donors (Lipinski definition) is 2. The highest BCUT2D eigenvalue weighted by Crippen LogP contribution is 2.37. The molecule has 13 heavy (non-hydrogen) atoms. The largest absolute Gasteiger partial charge is 0.387 e. The Bertz CT molecular complexity index is 349. The smallest absolute Gasteiger partial charge is 0.0940 e. The predicted octanol–water partition coefficient (Wildman–Crippen LogP) is 1.60. The number of allylic oxidation sites excluding steroid dienone is 4. The van der Waals surface area contributed by atoms with E-state index in [2.05, 4.69) is 17.5 Å². The lowest BCUT2D eigenvalue weighted by molar-refractivity contribution is 0.205. The van der Waals surface area contributed by atoms with Crippen molar-refractivity contribution in [2.75, 3.05) is 0 Å². The van der Waals surface area contributed by atoms with Crippen molar-refractivity contribution in [2.45, 2.75) is 31.8 Å². The predicted molar refractivity (Wildman–Crippen MR) is 50.8 cm³/mol. The van der Waals surface area contributed by atoms with Crippen molar-refractivity contribution in [3.63, 3.8) is 0 Å². The average Bonchev–Trinajstić information content (AvgIpc) is 2.70. The molecule has 1 unspecified atom stereocenters. The van der Waals surface area contributed by atoms with E-state index >= 15 is 0 Å². The second-order valence-corrected chi connectivity index (χ2v) is 3.98. The third-order valence-corrected chi connectivity index (χ3v) is 3.15. The van der Waals surface area contributed by atoms with Gasteiger partial charge in [0.1, 0.15) is 0 Å². The van der Waals surface area contributed by atoms with Gasteiger partial charge in [0.25, 0.3) is 0 Å². The van der Waals surface area contributed by atoms with E-state index in [1.54, 1.807) is 0 Å². The molecular weight excluding hydrogens is 162 g/mol. The first-order valence-electron chi connectivity index (χ1n) is 4.90. The van der Waals surface area contributed by atoms with Gasteiger partial charge >= 0.3 is 0 Å². The van der Waals surface area contributed by atoms with Gasteiger partial charge in [-0.05, 0) is 30.4 Å². The van der Waals surface area contributed by atoms with E-state index in [0.29, 0.717) is 0 Å². The lowest BCUT2D eigenvalue weighted by Gasteiger charge is -2.21. The fraction of sp³-hybridized carbons (Fsp3) is 0.455.